The van der Waals surface area contributed by atoms with Gasteiger partial charge in [-0.3, -0.25) is 0 Å². The molecular formula is C46H46F12FeP2. The van der Waals surface area contributed by atoms with Gasteiger partial charge in [0, 0.05) is 23.0 Å². The maximum atomic E-state index is 14.2. The number of alkyl halides is 12. The SMILES string of the molecule is C1=CCC=C1.C[C@H](C1C=CC=C1c1ccccc1P(C1CCCCC1)C1CCCCC1)P(c1cc(C(F)(F)F)cc(C(F)(F)F)c1)c1cc(C(F)(F)F)cc(C(F)(F)F)c1.[Fe]. The fourth-order valence-corrected chi connectivity index (χ4v) is 15.8. The molecule has 0 heterocycles. The molecule has 0 amide bonds. The molecule has 4 aliphatic rings. The van der Waals surface area contributed by atoms with Crippen LogP contribution < -0.4 is 15.9 Å². The van der Waals surface area contributed by atoms with E-state index in [2.05, 4.69) is 30.4 Å². The number of allylic oxidation sites excluding steroid dienone is 8. The Hall–Kier alpha value is -2.84. The van der Waals surface area contributed by atoms with Crippen LogP contribution in [-0.2, 0) is 41.8 Å². The number of halogens is 12. The molecule has 0 saturated heterocycles. The van der Waals surface area contributed by atoms with Crippen LogP contribution in [0.4, 0.5) is 52.7 Å². The molecule has 0 spiro atoms. The van der Waals surface area contributed by atoms with Gasteiger partial charge in [-0.1, -0.05) is 120 Å². The van der Waals surface area contributed by atoms with Gasteiger partial charge in [0.25, 0.3) is 0 Å². The zero-order valence-electron chi connectivity index (χ0n) is 33.2. The van der Waals surface area contributed by atoms with Gasteiger partial charge in [0.2, 0.25) is 0 Å². The second kappa shape index (κ2) is 20.3. The van der Waals surface area contributed by atoms with E-state index in [1.807, 2.05) is 24.3 Å². The van der Waals surface area contributed by atoms with Crippen LogP contribution in [0.15, 0.2) is 103 Å². The summed E-state index contributed by atoms with van der Waals surface area (Å²) in [6.07, 6.45) is 4.59. The molecule has 0 aromatic heterocycles. The van der Waals surface area contributed by atoms with Crippen molar-refractivity contribution in [1.29, 1.82) is 0 Å². The first-order chi connectivity index (χ1) is 28.2. The molecule has 0 bridgehead atoms. The van der Waals surface area contributed by atoms with E-state index in [-0.39, 0.29) is 29.2 Å². The summed E-state index contributed by atoms with van der Waals surface area (Å²) in [6.45, 7) is 1.49. The van der Waals surface area contributed by atoms with Crippen molar-refractivity contribution in [3.05, 3.63) is 131 Å². The minimum atomic E-state index is -5.29. The quantitative estimate of drug-likeness (QED) is 0.120. The Balaban J connectivity index is 0.00000109. The van der Waals surface area contributed by atoms with Crippen molar-refractivity contribution < 1.29 is 69.8 Å². The maximum absolute atomic E-state index is 14.2. The number of hydrogen-bond acceptors (Lipinski definition) is 0. The average molecular weight is 945 g/mol. The van der Waals surface area contributed by atoms with Crippen molar-refractivity contribution in [2.75, 3.05) is 0 Å². The van der Waals surface area contributed by atoms with Gasteiger partial charge in [0.1, 0.15) is 0 Å². The molecule has 1 unspecified atom stereocenters. The van der Waals surface area contributed by atoms with Crippen LogP contribution in [-0.4, -0.2) is 17.0 Å². The summed E-state index contributed by atoms with van der Waals surface area (Å²) in [5, 5.41) is -0.113. The molecule has 3 aromatic rings. The number of rotatable bonds is 8. The third-order valence-corrected chi connectivity index (χ3v) is 18.0. The topological polar surface area (TPSA) is 0 Å². The summed E-state index contributed by atoms with van der Waals surface area (Å²) in [5.74, 6) is -0.755. The number of hydrogen-bond donors (Lipinski definition) is 0. The summed E-state index contributed by atoms with van der Waals surface area (Å²) in [4.78, 5) is 0. The molecule has 0 nitrogen and oxygen atoms in total. The van der Waals surface area contributed by atoms with Crippen LogP contribution in [0.3, 0.4) is 0 Å². The van der Waals surface area contributed by atoms with Crippen molar-refractivity contribution in [2.24, 2.45) is 5.92 Å². The Labute approximate surface area is 362 Å². The average Bonchev–Trinajstić information content (AvgIpc) is 3.95. The van der Waals surface area contributed by atoms with Gasteiger partial charge in [-0.2, -0.15) is 52.7 Å². The van der Waals surface area contributed by atoms with Crippen molar-refractivity contribution in [2.45, 2.75) is 119 Å². The van der Waals surface area contributed by atoms with Crippen LogP contribution >= 0.6 is 15.8 Å². The van der Waals surface area contributed by atoms with Crippen molar-refractivity contribution in [3.8, 4) is 0 Å². The first-order valence-corrected chi connectivity index (χ1v) is 23.1. The Morgan fingerprint density at radius 3 is 1.33 bits per heavy atom. The van der Waals surface area contributed by atoms with Gasteiger partial charge in [0.15, 0.2) is 0 Å². The molecule has 0 N–H and O–H groups in total. The maximum Gasteiger partial charge on any atom is 0.416 e. The summed E-state index contributed by atoms with van der Waals surface area (Å²) < 4.78 is 170. The van der Waals surface area contributed by atoms with Gasteiger partial charge in [-0.25, -0.2) is 0 Å². The minimum Gasteiger partial charge on any atom is -0.166 e. The first-order valence-electron chi connectivity index (χ1n) is 20.2. The van der Waals surface area contributed by atoms with Crippen LogP contribution in [0.1, 0.15) is 105 Å². The summed E-state index contributed by atoms with van der Waals surface area (Å²) in [6, 6.07) is 9.40. The van der Waals surface area contributed by atoms with E-state index >= 15 is 0 Å². The van der Waals surface area contributed by atoms with Gasteiger partial charge < -0.3 is 0 Å². The van der Waals surface area contributed by atoms with E-state index in [9.17, 15) is 52.7 Å². The fourth-order valence-electron chi connectivity index (χ4n) is 8.86. The first kappa shape index (κ1) is 49.2. The van der Waals surface area contributed by atoms with E-state index in [1.165, 1.54) is 6.92 Å². The van der Waals surface area contributed by atoms with E-state index in [0.29, 0.717) is 41.2 Å². The largest absolute Gasteiger partial charge is 0.416 e. The molecule has 2 fully saturated rings. The molecule has 0 radical (unpaired) electrons. The normalized spacial score (nSPS) is 19.5. The third-order valence-electron chi connectivity index (χ3n) is 11.7. The molecule has 2 saturated carbocycles. The van der Waals surface area contributed by atoms with Crippen LogP contribution in [0.5, 0.6) is 0 Å². The minimum absolute atomic E-state index is 0. The predicted molar refractivity (Wildman–Crippen MR) is 219 cm³/mol. The monoisotopic (exact) mass is 944 g/mol. The molecule has 15 heteroatoms. The Bertz CT molecular complexity index is 1900. The van der Waals surface area contributed by atoms with Crippen LogP contribution in [0, 0.1) is 5.92 Å². The fraction of sp³-hybridized carbons (Fsp3) is 0.435. The molecule has 0 aliphatic heterocycles. The van der Waals surface area contributed by atoms with Gasteiger partial charge in [-0.05, 0) is 120 Å². The smallest absolute Gasteiger partial charge is 0.166 e. The third kappa shape index (κ3) is 12.2. The zero-order chi connectivity index (χ0) is 43.5. The van der Waals surface area contributed by atoms with Gasteiger partial charge >= 0.3 is 24.7 Å². The molecule has 4 aliphatic carbocycles. The Morgan fingerprint density at radius 2 is 0.951 bits per heavy atom. The summed E-state index contributed by atoms with van der Waals surface area (Å²) in [5.41, 5.74) is -5.36. The standard InChI is InChI=1S/C41H40F12P2.C5H6.Fe/c1-25(34-16-10-17-35(34)36-15-8-9-18-37(36)55(30-11-4-2-5-12-30)31-13-6-3-7-14-31)54(32-21-26(38(42,43)44)19-27(22-32)39(45,46)47)33-23-28(40(48,49)50)20-29(24-33)41(51,52)53;1-2-4-5-3-1;/h8-10,15-25,30-31,34H,2-7,11-14H2,1H3;1-4H,5H2;/t25-,34?;;/m1../s1. The molecular weight excluding hydrogens is 898 g/mol. The van der Waals surface area contributed by atoms with Gasteiger partial charge in [0.05, 0.1) is 22.3 Å². The van der Waals surface area contributed by atoms with Crippen molar-refractivity contribution in [3.63, 3.8) is 0 Å². The Morgan fingerprint density at radius 1 is 0.541 bits per heavy atom. The number of benzene rings is 3. The second-order valence-electron chi connectivity index (χ2n) is 15.8. The molecule has 332 valence electrons. The predicted octanol–water partition coefficient (Wildman–Crippen LogP) is 15.1. The van der Waals surface area contributed by atoms with E-state index in [0.717, 1.165) is 81.5 Å². The Kier molecular flexibility index (Phi) is 16.4. The van der Waals surface area contributed by atoms with Crippen LogP contribution in [0.25, 0.3) is 5.57 Å². The van der Waals surface area contributed by atoms with Crippen LogP contribution in [0.2, 0.25) is 0 Å². The molecule has 7 rings (SSSR count). The van der Waals surface area contributed by atoms with E-state index in [1.54, 1.807) is 12.2 Å². The zero-order valence-corrected chi connectivity index (χ0v) is 36.1. The second-order valence-corrected chi connectivity index (χ2v) is 21.1. The van der Waals surface area contributed by atoms with E-state index < -0.39 is 85.0 Å². The molecule has 3 aromatic carbocycles. The van der Waals surface area contributed by atoms with Crippen molar-refractivity contribution >= 4 is 37.3 Å². The van der Waals surface area contributed by atoms with Gasteiger partial charge in [-0.15, -0.1) is 0 Å². The van der Waals surface area contributed by atoms with Crippen molar-refractivity contribution in [1.82, 2.24) is 0 Å². The molecule has 61 heavy (non-hydrogen) atoms. The molecule has 2 atom stereocenters. The van der Waals surface area contributed by atoms with E-state index in [4.69, 9.17) is 0 Å². The summed E-state index contributed by atoms with van der Waals surface area (Å²) in [7, 11) is -3.43. The summed E-state index contributed by atoms with van der Waals surface area (Å²) >= 11 is 0.